The number of hydrogen-bond acceptors (Lipinski definition) is 7. The number of amides is 1. The molecule has 0 bridgehead atoms. The quantitative estimate of drug-likeness (QED) is 0.732. The highest BCUT2D eigenvalue weighted by Gasteiger charge is 2.43. The summed E-state index contributed by atoms with van der Waals surface area (Å²) in [5.74, 6) is 1.01. The Balaban J connectivity index is 1.35. The van der Waals surface area contributed by atoms with Crippen LogP contribution in [0.2, 0.25) is 0 Å². The van der Waals surface area contributed by atoms with Gasteiger partial charge < -0.3 is 15.1 Å². The van der Waals surface area contributed by atoms with Crippen LogP contribution in [-0.4, -0.2) is 77.1 Å². The Bertz CT molecular complexity index is 962. The number of likely N-dealkylation sites (tertiary alicyclic amines) is 1. The topological polar surface area (TPSA) is 64.6 Å². The fourth-order valence-electron chi connectivity index (χ4n) is 5.44. The molecule has 1 N–H and O–H groups in total. The number of hydrogen-bond donors (Lipinski definition) is 1. The van der Waals surface area contributed by atoms with Crippen molar-refractivity contribution < 1.29 is 4.79 Å². The predicted molar refractivity (Wildman–Crippen MR) is 127 cm³/mol. The van der Waals surface area contributed by atoms with Gasteiger partial charge in [-0.1, -0.05) is 24.1 Å². The van der Waals surface area contributed by atoms with Crippen molar-refractivity contribution >= 4 is 40.4 Å². The number of anilines is 2. The van der Waals surface area contributed by atoms with E-state index in [1.54, 1.807) is 0 Å². The summed E-state index contributed by atoms with van der Waals surface area (Å²) in [4.78, 5) is 25.9. The standard InChI is InChI=1S/C23H32N6OS/c1-27-15-23(9-6-20(27)30)10-13-28(16-23)19-5-3-4-17-14-24-22(26-21(17)19)25-18-7-11-29(31-2)12-8-18/h3-5,14,18H,6-13,15-16H2,1-2H3,(H,24,25,26). The van der Waals surface area contributed by atoms with E-state index in [1.165, 1.54) is 5.69 Å². The van der Waals surface area contributed by atoms with E-state index >= 15 is 0 Å². The molecule has 31 heavy (non-hydrogen) atoms. The Morgan fingerprint density at radius 3 is 2.77 bits per heavy atom. The van der Waals surface area contributed by atoms with Gasteiger partial charge in [0.05, 0.1) is 11.2 Å². The minimum Gasteiger partial charge on any atom is -0.369 e. The van der Waals surface area contributed by atoms with Crippen LogP contribution in [0.15, 0.2) is 24.4 Å². The van der Waals surface area contributed by atoms with E-state index in [1.807, 2.05) is 30.1 Å². The van der Waals surface area contributed by atoms with Crippen molar-refractivity contribution in [1.29, 1.82) is 0 Å². The lowest BCUT2D eigenvalue weighted by Crippen LogP contribution is -2.45. The number of rotatable bonds is 4. The maximum Gasteiger partial charge on any atom is 0.223 e. The normalized spacial score (nSPS) is 25.7. The maximum absolute atomic E-state index is 12.0. The average Bonchev–Trinajstić information content (AvgIpc) is 3.20. The van der Waals surface area contributed by atoms with Crippen LogP contribution < -0.4 is 10.2 Å². The molecule has 0 radical (unpaired) electrons. The van der Waals surface area contributed by atoms with Crippen LogP contribution in [0.1, 0.15) is 32.1 Å². The molecule has 4 heterocycles. The molecule has 8 heteroatoms. The summed E-state index contributed by atoms with van der Waals surface area (Å²) in [5.41, 5.74) is 2.43. The van der Waals surface area contributed by atoms with Crippen molar-refractivity contribution in [3.8, 4) is 0 Å². The zero-order valence-corrected chi connectivity index (χ0v) is 19.3. The molecule has 3 saturated heterocycles. The van der Waals surface area contributed by atoms with E-state index in [9.17, 15) is 4.79 Å². The van der Waals surface area contributed by atoms with Gasteiger partial charge >= 0.3 is 0 Å². The highest BCUT2D eigenvalue weighted by Crippen LogP contribution is 2.41. The Morgan fingerprint density at radius 1 is 1.16 bits per heavy atom. The maximum atomic E-state index is 12.0. The number of benzene rings is 1. The second kappa shape index (κ2) is 8.47. The molecule has 5 rings (SSSR count). The largest absolute Gasteiger partial charge is 0.369 e. The molecule has 3 aliphatic heterocycles. The number of nitrogens with one attached hydrogen (secondary N) is 1. The highest BCUT2D eigenvalue weighted by atomic mass is 32.2. The fourth-order valence-corrected chi connectivity index (χ4v) is 6.01. The average molecular weight is 441 g/mol. The molecular weight excluding hydrogens is 408 g/mol. The Labute approximate surface area is 188 Å². The summed E-state index contributed by atoms with van der Waals surface area (Å²) >= 11 is 1.83. The van der Waals surface area contributed by atoms with Gasteiger partial charge in [-0.2, -0.15) is 0 Å². The second-order valence-electron chi connectivity index (χ2n) is 9.36. The molecule has 1 unspecified atom stereocenters. The third-order valence-electron chi connectivity index (χ3n) is 7.28. The van der Waals surface area contributed by atoms with Crippen LogP contribution in [0, 0.1) is 5.41 Å². The molecule has 1 amide bonds. The molecule has 1 aromatic carbocycles. The third kappa shape index (κ3) is 4.20. The van der Waals surface area contributed by atoms with Crippen LogP contribution in [0.4, 0.5) is 11.6 Å². The summed E-state index contributed by atoms with van der Waals surface area (Å²) in [6.45, 7) is 5.07. The third-order valence-corrected chi connectivity index (χ3v) is 8.16. The number of para-hydroxylation sites is 1. The number of aromatic nitrogens is 2. The molecule has 1 atom stereocenters. The molecular formula is C23H32N6OS. The fraction of sp³-hybridized carbons (Fsp3) is 0.609. The summed E-state index contributed by atoms with van der Waals surface area (Å²) in [7, 11) is 1.94. The second-order valence-corrected chi connectivity index (χ2v) is 10.2. The van der Waals surface area contributed by atoms with E-state index < -0.39 is 0 Å². The monoisotopic (exact) mass is 440 g/mol. The van der Waals surface area contributed by atoms with Crippen molar-refractivity contribution in [2.45, 2.75) is 38.1 Å². The van der Waals surface area contributed by atoms with Crippen molar-refractivity contribution in [2.24, 2.45) is 5.41 Å². The van der Waals surface area contributed by atoms with E-state index in [4.69, 9.17) is 4.98 Å². The van der Waals surface area contributed by atoms with Crippen molar-refractivity contribution in [3.63, 3.8) is 0 Å². The number of carbonyl (C=O) groups excluding carboxylic acids is 1. The summed E-state index contributed by atoms with van der Waals surface area (Å²) in [6, 6.07) is 6.82. The SMILES string of the molecule is CSN1CCC(Nc2ncc3cccc(N4CCC5(CCC(=O)N(C)C5)C4)c3n2)CC1. The van der Waals surface area contributed by atoms with Crippen LogP contribution in [0.5, 0.6) is 0 Å². The first-order chi connectivity index (χ1) is 15.0. The van der Waals surface area contributed by atoms with E-state index in [0.29, 0.717) is 12.5 Å². The van der Waals surface area contributed by atoms with Crippen LogP contribution in [-0.2, 0) is 4.79 Å². The van der Waals surface area contributed by atoms with Gasteiger partial charge in [0.1, 0.15) is 0 Å². The van der Waals surface area contributed by atoms with Crippen LogP contribution in [0.25, 0.3) is 10.9 Å². The van der Waals surface area contributed by atoms with Gasteiger partial charge in [0.15, 0.2) is 0 Å². The van der Waals surface area contributed by atoms with Gasteiger partial charge in [-0.3, -0.25) is 9.10 Å². The van der Waals surface area contributed by atoms with Gasteiger partial charge in [0.2, 0.25) is 11.9 Å². The molecule has 3 fully saturated rings. The molecule has 0 saturated carbocycles. The lowest BCUT2D eigenvalue weighted by Gasteiger charge is -2.38. The van der Waals surface area contributed by atoms with Gasteiger partial charge in [0.25, 0.3) is 0 Å². The van der Waals surface area contributed by atoms with E-state index in [0.717, 1.165) is 75.3 Å². The molecule has 166 valence electrons. The number of piperidine rings is 2. The van der Waals surface area contributed by atoms with Crippen molar-refractivity contribution in [3.05, 3.63) is 24.4 Å². The van der Waals surface area contributed by atoms with Crippen molar-refractivity contribution in [2.75, 3.05) is 56.2 Å². The molecule has 0 aliphatic carbocycles. The summed E-state index contributed by atoms with van der Waals surface area (Å²) < 4.78 is 2.41. The smallest absolute Gasteiger partial charge is 0.223 e. The zero-order valence-electron chi connectivity index (χ0n) is 18.5. The number of nitrogens with zero attached hydrogens (tertiary/aromatic N) is 5. The molecule has 1 spiro atoms. The molecule has 7 nitrogen and oxygen atoms in total. The first kappa shape index (κ1) is 20.8. The van der Waals surface area contributed by atoms with E-state index in [-0.39, 0.29) is 11.3 Å². The van der Waals surface area contributed by atoms with Gasteiger partial charge in [-0.05, 0) is 38.0 Å². The number of carbonyl (C=O) groups is 1. The van der Waals surface area contributed by atoms with Gasteiger partial charge in [0, 0.05) is 69.2 Å². The minimum atomic E-state index is 0.212. The summed E-state index contributed by atoms with van der Waals surface area (Å²) in [6.07, 6.45) is 9.12. The minimum absolute atomic E-state index is 0.212. The predicted octanol–water partition coefficient (Wildman–Crippen LogP) is 3.23. The Kier molecular flexibility index (Phi) is 5.69. The van der Waals surface area contributed by atoms with Crippen LogP contribution >= 0.6 is 11.9 Å². The van der Waals surface area contributed by atoms with Gasteiger partial charge in [-0.25, -0.2) is 9.97 Å². The Morgan fingerprint density at radius 2 is 2.00 bits per heavy atom. The highest BCUT2D eigenvalue weighted by molar-refractivity contribution is 7.96. The van der Waals surface area contributed by atoms with E-state index in [2.05, 4.69) is 44.0 Å². The first-order valence-electron chi connectivity index (χ1n) is 11.4. The zero-order chi connectivity index (χ0) is 21.4. The number of fused-ring (bicyclic) bond motifs is 1. The van der Waals surface area contributed by atoms with Gasteiger partial charge in [-0.15, -0.1) is 0 Å². The van der Waals surface area contributed by atoms with Crippen molar-refractivity contribution in [1.82, 2.24) is 19.2 Å². The molecule has 2 aromatic rings. The summed E-state index contributed by atoms with van der Waals surface area (Å²) in [5, 5.41) is 4.66. The lowest BCUT2D eigenvalue weighted by molar-refractivity contribution is -0.135. The van der Waals surface area contributed by atoms with Crippen LogP contribution in [0.3, 0.4) is 0 Å². The first-order valence-corrected chi connectivity index (χ1v) is 12.5. The Hall–Kier alpha value is -2.06. The lowest BCUT2D eigenvalue weighted by atomic mass is 9.79. The molecule has 1 aromatic heterocycles. The molecule has 3 aliphatic rings.